The summed E-state index contributed by atoms with van der Waals surface area (Å²) in [6, 6.07) is 0. The van der Waals surface area contributed by atoms with Crippen LogP contribution in [0.25, 0.3) is 0 Å². The van der Waals surface area contributed by atoms with Crippen LogP contribution in [0.1, 0.15) is 66.7 Å². The minimum Gasteiger partial charge on any atom is -0.396 e. The van der Waals surface area contributed by atoms with Crippen molar-refractivity contribution in [2.75, 3.05) is 6.61 Å². The van der Waals surface area contributed by atoms with Crippen molar-refractivity contribution in [3.8, 4) is 0 Å². The molecule has 2 unspecified atom stereocenters. The third-order valence-electron chi connectivity index (χ3n) is 7.61. The van der Waals surface area contributed by atoms with E-state index in [1.54, 1.807) is 5.57 Å². The number of rotatable bonds is 3. The lowest BCUT2D eigenvalue weighted by Crippen LogP contribution is -2.49. The van der Waals surface area contributed by atoms with Gasteiger partial charge in [-0.25, -0.2) is 0 Å². The molecule has 0 aromatic heterocycles. The van der Waals surface area contributed by atoms with Gasteiger partial charge < -0.3 is 5.11 Å². The van der Waals surface area contributed by atoms with Crippen LogP contribution in [-0.2, 0) is 0 Å². The van der Waals surface area contributed by atoms with E-state index in [1.807, 2.05) is 0 Å². The Hall–Kier alpha value is -0.300. The smallest absolute Gasteiger partial charge is 0.0496 e. The molecule has 3 rings (SSSR count). The van der Waals surface area contributed by atoms with Crippen LogP contribution >= 0.6 is 0 Å². The molecule has 0 amide bonds. The topological polar surface area (TPSA) is 20.2 Å². The summed E-state index contributed by atoms with van der Waals surface area (Å²) in [5.74, 6) is 1.99. The first-order chi connectivity index (χ1) is 9.30. The Morgan fingerprint density at radius 1 is 1.30 bits per heavy atom. The van der Waals surface area contributed by atoms with E-state index in [9.17, 15) is 5.11 Å². The Balaban J connectivity index is 2.10. The van der Waals surface area contributed by atoms with E-state index < -0.39 is 0 Å². The van der Waals surface area contributed by atoms with Crippen LogP contribution in [0.5, 0.6) is 0 Å². The Morgan fingerprint density at radius 3 is 2.60 bits per heavy atom. The second-order valence-corrected chi connectivity index (χ2v) is 8.93. The van der Waals surface area contributed by atoms with Gasteiger partial charge in [-0.05, 0) is 60.2 Å². The lowest BCUT2D eigenvalue weighted by Gasteiger charge is -2.56. The monoisotopic (exact) mass is 276 g/mol. The van der Waals surface area contributed by atoms with Crippen LogP contribution < -0.4 is 0 Å². The maximum absolute atomic E-state index is 9.83. The number of aliphatic hydroxyl groups excluding tert-OH is 1. The molecule has 0 heterocycles. The lowest BCUT2D eigenvalue weighted by atomic mass is 9.48. The zero-order valence-corrected chi connectivity index (χ0v) is 14.0. The Bertz CT molecular complexity index is 427. The summed E-state index contributed by atoms with van der Waals surface area (Å²) in [6.45, 7) is 12.6. The summed E-state index contributed by atoms with van der Waals surface area (Å²) in [6.07, 6.45) is 9.07. The van der Waals surface area contributed by atoms with Gasteiger partial charge in [-0.1, -0.05) is 46.3 Å². The molecule has 1 N–H and O–H groups in total. The highest BCUT2D eigenvalue weighted by Crippen LogP contribution is 2.76. The van der Waals surface area contributed by atoms with Crippen molar-refractivity contribution < 1.29 is 5.11 Å². The molecule has 2 fully saturated rings. The molecule has 1 heteroatoms. The van der Waals surface area contributed by atoms with Gasteiger partial charge in [-0.2, -0.15) is 0 Å². The minimum absolute atomic E-state index is 0.329. The van der Waals surface area contributed by atoms with Crippen molar-refractivity contribution in [1.29, 1.82) is 0 Å². The number of hydrogen-bond donors (Lipinski definition) is 1. The van der Waals surface area contributed by atoms with Crippen molar-refractivity contribution in [2.45, 2.75) is 66.7 Å². The highest BCUT2D eigenvalue weighted by atomic mass is 16.3. The van der Waals surface area contributed by atoms with Crippen LogP contribution in [0.15, 0.2) is 11.6 Å². The van der Waals surface area contributed by atoms with Gasteiger partial charge in [0, 0.05) is 12.5 Å². The summed E-state index contributed by atoms with van der Waals surface area (Å²) < 4.78 is 0. The molecular formula is C19H32O. The molecule has 1 spiro atoms. The van der Waals surface area contributed by atoms with Gasteiger partial charge >= 0.3 is 0 Å². The maximum atomic E-state index is 9.83. The molecule has 1 nitrogen and oxygen atoms in total. The van der Waals surface area contributed by atoms with Crippen LogP contribution in [-0.4, -0.2) is 11.7 Å². The predicted molar refractivity (Wildman–Crippen MR) is 84.4 cm³/mol. The molecule has 0 aliphatic heterocycles. The second-order valence-electron chi connectivity index (χ2n) is 8.93. The number of allylic oxidation sites excluding steroid dienone is 1. The van der Waals surface area contributed by atoms with Gasteiger partial charge in [0.1, 0.15) is 0 Å². The largest absolute Gasteiger partial charge is 0.396 e. The van der Waals surface area contributed by atoms with Gasteiger partial charge in [0.25, 0.3) is 0 Å². The summed E-state index contributed by atoms with van der Waals surface area (Å²) >= 11 is 0. The van der Waals surface area contributed by atoms with Gasteiger partial charge in [-0.3, -0.25) is 0 Å². The van der Waals surface area contributed by atoms with E-state index in [0.29, 0.717) is 34.7 Å². The second kappa shape index (κ2) is 4.35. The third kappa shape index (κ3) is 1.59. The third-order valence-corrected chi connectivity index (χ3v) is 7.61. The van der Waals surface area contributed by atoms with Crippen molar-refractivity contribution in [2.24, 2.45) is 34.0 Å². The first-order valence-electron chi connectivity index (χ1n) is 8.61. The van der Waals surface area contributed by atoms with Crippen molar-refractivity contribution in [3.05, 3.63) is 11.6 Å². The van der Waals surface area contributed by atoms with Crippen molar-refractivity contribution in [3.63, 3.8) is 0 Å². The van der Waals surface area contributed by atoms with Crippen molar-refractivity contribution >= 4 is 0 Å². The average molecular weight is 276 g/mol. The Morgan fingerprint density at radius 2 is 2.00 bits per heavy atom. The molecule has 2 saturated carbocycles. The maximum Gasteiger partial charge on any atom is 0.0496 e. The quantitative estimate of drug-likeness (QED) is 0.734. The van der Waals surface area contributed by atoms with Crippen LogP contribution in [0.2, 0.25) is 0 Å². The van der Waals surface area contributed by atoms with E-state index in [4.69, 9.17) is 0 Å². The fourth-order valence-corrected chi connectivity index (χ4v) is 6.24. The number of aliphatic hydroxyl groups is 1. The number of fused-ring (bicyclic) bond motifs is 1. The average Bonchev–Trinajstić information content (AvgIpc) is 2.90. The van der Waals surface area contributed by atoms with Gasteiger partial charge in [-0.15, -0.1) is 0 Å². The molecule has 3 aliphatic carbocycles. The van der Waals surface area contributed by atoms with Crippen molar-refractivity contribution in [1.82, 2.24) is 0 Å². The molecule has 0 aromatic rings. The zero-order valence-electron chi connectivity index (χ0n) is 14.0. The van der Waals surface area contributed by atoms with E-state index >= 15 is 0 Å². The summed E-state index contributed by atoms with van der Waals surface area (Å²) in [7, 11) is 0. The first-order valence-corrected chi connectivity index (χ1v) is 8.61. The molecule has 0 saturated heterocycles. The van der Waals surface area contributed by atoms with Crippen LogP contribution in [0.3, 0.4) is 0 Å². The van der Waals surface area contributed by atoms with Gasteiger partial charge in [0.15, 0.2) is 0 Å². The predicted octanol–water partition coefficient (Wildman–Crippen LogP) is 4.80. The minimum atomic E-state index is 0.329. The number of hydrogen-bond acceptors (Lipinski definition) is 1. The standard InChI is InChI=1S/C19H32O/c1-6-13(12-20)15-8-9-17(2,3)19-10-7-14(11-19)18(4,5)16(15)19/h8,13-14,16,20H,6-7,9-12H2,1-5H3/t13?,14-,16?,19-/m0/s1. The molecular weight excluding hydrogens is 244 g/mol. The SMILES string of the molecule is CCC(CO)C1=CCC(C)(C)[C@@]23CC[C@@H](C2)C(C)(C)C13. The summed E-state index contributed by atoms with van der Waals surface area (Å²) in [5.41, 5.74) is 2.97. The van der Waals surface area contributed by atoms with E-state index in [0.717, 1.165) is 12.3 Å². The molecule has 3 aliphatic rings. The molecule has 114 valence electrons. The Kier molecular flexibility index (Phi) is 3.18. The van der Waals surface area contributed by atoms with Gasteiger partial charge in [0.05, 0.1) is 0 Å². The molecule has 20 heavy (non-hydrogen) atoms. The fourth-order valence-electron chi connectivity index (χ4n) is 6.24. The molecule has 2 bridgehead atoms. The van der Waals surface area contributed by atoms with Gasteiger partial charge in [0.2, 0.25) is 0 Å². The molecule has 4 atom stereocenters. The first kappa shape index (κ1) is 14.6. The fraction of sp³-hybridized carbons (Fsp3) is 0.895. The zero-order chi connectivity index (χ0) is 14.8. The highest BCUT2D eigenvalue weighted by Gasteiger charge is 2.68. The Labute approximate surface area is 124 Å². The van der Waals surface area contributed by atoms with E-state index in [-0.39, 0.29) is 0 Å². The van der Waals surface area contributed by atoms with E-state index in [2.05, 4.69) is 40.7 Å². The van der Waals surface area contributed by atoms with Crippen LogP contribution in [0, 0.1) is 34.0 Å². The molecule has 0 aromatic carbocycles. The highest BCUT2D eigenvalue weighted by molar-refractivity contribution is 5.31. The normalized spacial score (nSPS) is 42.2. The summed E-state index contributed by atoms with van der Waals surface area (Å²) in [4.78, 5) is 0. The van der Waals surface area contributed by atoms with E-state index in [1.165, 1.54) is 25.7 Å². The van der Waals surface area contributed by atoms with Crippen LogP contribution in [0.4, 0.5) is 0 Å². The summed E-state index contributed by atoms with van der Waals surface area (Å²) in [5, 5.41) is 9.83. The molecule has 0 radical (unpaired) electrons. The lowest BCUT2D eigenvalue weighted by molar-refractivity contribution is -0.0230.